The van der Waals surface area contributed by atoms with Crippen LogP contribution in [0.3, 0.4) is 0 Å². The van der Waals surface area contributed by atoms with E-state index in [0.29, 0.717) is 23.3 Å². The van der Waals surface area contributed by atoms with Gasteiger partial charge in [0.25, 0.3) is 0 Å². The highest BCUT2D eigenvalue weighted by Gasteiger charge is 2.13. The molecule has 14 heavy (non-hydrogen) atoms. The van der Waals surface area contributed by atoms with Crippen LogP contribution in [0.4, 0.5) is 0 Å². The number of nitrogens with two attached hydrogens (primary N) is 1. The smallest absolute Gasteiger partial charge is 0.243 e. The lowest BCUT2D eigenvalue weighted by molar-refractivity contribution is 0.362. The van der Waals surface area contributed by atoms with E-state index < -0.39 is 0 Å². The Morgan fingerprint density at radius 1 is 1.43 bits per heavy atom. The van der Waals surface area contributed by atoms with Gasteiger partial charge in [-0.2, -0.15) is 4.98 Å². The molecule has 0 aliphatic rings. The van der Waals surface area contributed by atoms with E-state index in [1.165, 1.54) is 6.26 Å². The highest BCUT2D eigenvalue weighted by atomic mass is 16.5. The molecule has 2 aromatic rings. The first kappa shape index (κ1) is 8.89. The summed E-state index contributed by atoms with van der Waals surface area (Å²) in [5.74, 6) is 1.35. The maximum atomic E-state index is 5.57. The molecule has 74 valence electrons. The Hall–Kier alpha value is -1.69. The first-order valence-corrected chi connectivity index (χ1v) is 4.18. The third-order valence-electron chi connectivity index (χ3n) is 1.68. The van der Waals surface area contributed by atoms with E-state index in [2.05, 4.69) is 15.1 Å². The average Bonchev–Trinajstić information content (AvgIpc) is 2.70. The van der Waals surface area contributed by atoms with Gasteiger partial charge in [-0.25, -0.2) is 4.98 Å². The molecule has 1 atom stereocenters. The van der Waals surface area contributed by atoms with Gasteiger partial charge in [-0.3, -0.25) is 0 Å². The minimum absolute atomic E-state index is 0.274. The Labute approximate surface area is 80.1 Å². The fourth-order valence-electron chi connectivity index (χ4n) is 0.990. The van der Waals surface area contributed by atoms with Crippen molar-refractivity contribution < 1.29 is 8.94 Å². The molecular formula is C8H10N4O2. The summed E-state index contributed by atoms with van der Waals surface area (Å²) in [5.41, 5.74) is 6.12. The average molecular weight is 194 g/mol. The SMILES string of the molecule is Cc1nc(-c2noc([C@H](C)N)n2)co1. The van der Waals surface area contributed by atoms with E-state index in [-0.39, 0.29) is 6.04 Å². The van der Waals surface area contributed by atoms with Gasteiger partial charge >= 0.3 is 0 Å². The number of hydrogen-bond donors (Lipinski definition) is 1. The van der Waals surface area contributed by atoms with Crippen LogP contribution in [0.5, 0.6) is 0 Å². The topological polar surface area (TPSA) is 91.0 Å². The van der Waals surface area contributed by atoms with Crippen molar-refractivity contribution in [2.75, 3.05) is 0 Å². The summed E-state index contributed by atoms with van der Waals surface area (Å²) in [6.07, 6.45) is 1.48. The maximum Gasteiger partial charge on any atom is 0.243 e. The lowest BCUT2D eigenvalue weighted by Gasteiger charge is -1.92. The molecule has 6 nitrogen and oxygen atoms in total. The normalized spacial score (nSPS) is 13.1. The molecule has 2 heterocycles. The Bertz CT molecular complexity index is 432. The van der Waals surface area contributed by atoms with Crippen LogP contribution in [-0.2, 0) is 0 Å². The van der Waals surface area contributed by atoms with E-state index in [1.54, 1.807) is 13.8 Å². The van der Waals surface area contributed by atoms with Crippen molar-refractivity contribution in [1.29, 1.82) is 0 Å². The molecule has 0 radical (unpaired) electrons. The molecule has 0 saturated heterocycles. The molecular weight excluding hydrogens is 184 g/mol. The number of nitrogens with zero attached hydrogens (tertiary/aromatic N) is 3. The lowest BCUT2D eigenvalue weighted by Crippen LogP contribution is -2.04. The molecule has 2 aromatic heterocycles. The summed E-state index contributed by atoms with van der Waals surface area (Å²) in [5, 5.41) is 3.73. The maximum absolute atomic E-state index is 5.57. The quantitative estimate of drug-likeness (QED) is 0.768. The van der Waals surface area contributed by atoms with Gasteiger partial charge in [0, 0.05) is 6.92 Å². The van der Waals surface area contributed by atoms with Gasteiger partial charge in [0.2, 0.25) is 11.7 Å². The number of aromatic nitrogens is 3. The highest BCUT2D eigenvalue weighted by molar-refractivity contribution is 5.45. The molecule has 0 spiro atoms. The number of oxazole rings is 1. The Morgan fingerprint density at radius 3 is 2.71 bits per heavy atom. The van der Waals surface area contributed by atoms with E-state index >= 15 is 0 Å². The predicted molar refractivity (Wildman–Crippen MR) is 47.1 cm³/mol. The van der Waals surface area contributed by atoms with Gasteiger partial charge in [0.05, 0.1) is 6.04 Å². The lowest BCUT2D eigenvalue weighted by atomic mass is 10.4. The fourth-order valence-corrected chi connectivity index (χ4v) is 0.990. The molecule has 2 rings (SSSR count). The minimum Gasteiger partial charge on any atom is -0.449 e. The minimum atomic E-state index is -0.274. The van der Waals surface area contributed by atoms with E-state index in [1.807, 2.05) is 0 Å². The van der Waals surface area contributed by atoms with Crippen LogP contribution in [0, 0.1) is 6.92 Å². The van der Waals surface area contributed by atoms with Gasteiger partial charge < -0.3 is 14.7 Å². The second-order valence-electron chi connectivity index (χ2n) is 3.00. The Balaban J connectivity index is 2.33. The predicted octanol–water partition coefficient (Wildman–Crippen LogP) is 1.05. The zero-order chi connectivity index (χ0) is 10.1. The van der Waals surface area contributed by atoms with Gasteiger partial charge in [-0.05, 0) is 6.92 Å². The summed E-state index contributed by atoms with van der Waals surface area (Å²) in [7, 11) is 0. The summed E-state index contributed by atoms with van der Waals surface area (Å²) >= 11 is 0. The molecule has 0 amide bonds. The van der Waals surface area contributed by atoms with E-state index in [9.17, 15) is 0 Å². The first-order valence-electron chi connectivity index (χ1n) is 4.18. The van der Waals surface area contributed by atoms with Crippen LogP contribution < -0.4 is 5.73 Å². The van der Waals surface area contributed by atoms with Gasteiger partial charge in [0.1, 0.15) is 12.0 Å². The monoisotopic (exact) mass is 194 g/mol. The molecule has 0 fully saturated rings. The second kappa shape index (κ2) is 3.22. The number of hydrogen-bond acceptors (Lipinski definition) is 6. The molecule has 0 aliphatic heterocycles. The Morgan fingerprint density at radius 2 is 2.21 bits per heavy atom. The van der Waals surface area contributed by atoms with Gasteiger partial charge in [0.15, 0.2) is 5.89 Å². The van der Waals surface area contributed by atoms with Crippen molar-refractivity contribution in [1.82, 2.24) is 15.1 Å². The van der Waals surface area contributed by atoms with E-state index in [4.69, 9.17) is 14.7 Å². The van der Waals surface area contributed by atoms with E-state index in [0.717, 1.165) is 0 Å². The summed E-state index contributed by atoms with van der Waals surface area (Å²) in [4.78, 5) is 8.13. The van der Waals surface area contributed by atoms with Crippen molar-refractivity contribution in [2.24, 2.45) is 5.73 Å². The van der Waals surface area contributed by atoms with Crippen molar-refractivity contribution >= 4 is 0 Å². The standard InChI is InChI=1S/C8H10N4O2/c1-4(9)8-11-7(12-14-8)6-3-13-5(2)10-6/h3-4H,9H2,1-2H3/t4-/m0/s1. The zero-order valence-electron chi connectivity index (χ0n) is 7.89. The van der Waals surface area contributed by atoms with Crippen LogP contribution in [0.1, 0.15) is 24.7 Å². The Kier molecular flexibility index (Phi) is 2.05. The van der Waals surface area contributed by atoms with Crippen LogP contribution in [0.2, 0.25) is 0 Å². The molecule has 0 saturated carbocycles. The van der Waals surface area contributed by atoms with Crippen LogP contribution in [0.15, 0.2) is 15.2 Å². The molecule has 0 bridgehead atoms. The van der Waals surface area contributed by atoms with Crippen molar-refractivity contribution in [2.45, 2.75) is 19.9 Å². The first-order chi connectivity index (χ1) is 6.66. The van der Waals surface area contributed by atoms with Crippen molar-refractivity contribution in [3.8, 4) is 11.5 Å². The van der Waals surface area contributed by atoms with Gasteiger partial charge in [-0.1, -0.05) is 5.16 Å². The summed E-state index contributed by atoms with van der Waals surface area (Å²) in [6, 6.07) is -0.274. The summed E-state index contributed by atoms with van der Waals surface area (Å²) < 4.78 is 9.95. The third-order valence-corrected chi connectivity index (χ3v) is 1.68. The molecule has 2 N–H and O–H groups in total. The fraction of sp³-hybridized carbons (Fsp3) is 0.375. The van der Waals surface area contributed by atoms with Crippen molar-refractivity contribution in [3.63, 3.8) is 0 Å². The van der Waals surface area contributed by atoms with Crippen molar-refractivity contribution in [3.05, 3.63) is 18.0 Å². The van der Waals surface area contributed by atoms with Crippen LogP contribution in [0.25, 0.3) is 11.5 Å². The molecule has 0 unspecified atom stereocenters. The van der Waals surface area contributed by atoms with Gasteiger partial charge in [-0.15, -0.1) is 0 Å². The third kappa shape index (κ3) is 1.51. The van der Waals surface area contributed by atoms with Crippen LogP contribution in [-0.4, -0.2) is 15.1 Å². The van der Waals surface area contributed by atoms with Crippen LogP contribution >= 0.6 is 0 Å². The number of aryl methyl sites for hydroxylation is 1. The molecule has 6 heteroatoms. The summed E-state index contributed by atoms with van der Waals surface area (Å²) in [6.45, 7) is 3.52. The second-order valence-corrected chi connectivity index (χ2v) is 3.00. The largest absolute Gasteiger partial charge is 0.449 e. The molecule has 0 aliphatic carbocycles. The number of rotatable bonds is 2. The molecule has 0 aromatic carbocycles. The zero-order valence-corrected chi connectivity index (χ0v) is 7.89. The highest BCUT2D eigenvalue weighted by Crippen LogP contribution is 2.16.